The SMILES string of the molecule is NC(N)=NC(=O)NCc1cccc(-c2cnc(NCc3cccc(OCCN4CCOCC4)c3)nc2)c1. The van der Waals surface area contributed by atoms with E-state index < -0.39 is 6.03 Å². The summed E-state index contributed by atoms with van der Waals surface area (Å²) in [4.78, 5) is 26.3. The molecule has 2 amide bonds. The number of nitrogens with zero attached hydrogens (tertiary/aromatic N) is 4. The lowest BCUT2D eigenvalue weighted by Crippen LogP contribution is -2.38. The van der Waals surface area contributed by atoms with Gasteiger partial charge in [-0.05, 0) is 34.9 Å². The van der Waals surface area contributed by atoms with Crippen LogP contribution in [0, 0.1) is 0 Å². The molecule has 0 radical (unpaired) electrons. The summed E-state index contributed by atoms with van der Waals surface area (Å²) in [6, 6.07) is 15.1. The fraction of sp³-hybridized carbons (Fsp3) is 0.308. The molecule has 4 rings (SSSR count). The molecular weight excluding hydrogens is 472 g/mol. The van der Waals surface area contributed by atoms with Crippen molar-refractivity contribution in [2.75, 3.05) is 44.8 Å². The molecule has 1 fully saturated rings. The van der Waals surface area contributed by atoms with E-state index in [9.17, 15) is 4.79 Å². The van der Waals surface area contributed by atoms with Crippen molar-refractivity contribution in [1.29, 1.82) is 0 Å². The summed E-state index contributed by atoms with van der Waals surface area (Å²) in [5.41, 5.74) is 14.2. The molecule has 0 unspecified atom stereocenters. The molecular formula is C26H32N8O3. The number of benzene rings is 2. The number of hydrogen-bond acceptors (Lipinski definition) is 7. The van der Waals surface area contributed by atoms with Crippen LogP contribution in [-0.2, 0) is 17.8 Å². The molecule has 37 heavy (non-hydrogen) atoms. The van der Waals surface area contributed by atoms with Crippen molar-refractivity contribution in [3.63, 3.8) is 0 Å². The van der Waals surface area contributed by atoms with Gasteiger partial charge in [-0.2, -0.15) is 4.99 Å². The Hall–Kier alpha value is -4.22. The molecule has 1 aromatic heterocycles. The van der Waals surface area contributed by atoms with Crippen molar-refractivity contribution in [3.05, 3.63) is 72.1 Å². The maximum Gasteiger partial charge on any atom is 0.344 e. The third-order valence-corrected chi connectivity index (χ3v) is 5.72. The van der Waals surface area contributed by atoms with Gasteiger partial charge in [-0.15, -0.1) is 0 Å². The Balaban J connectivity index is 1.27. The largest absolute Gasteiger partial charge is 0.492 e. The first-order valence-corrected chi connectivity index (χ1v) is 12.1. The molecule has 1 saturated heterocycles. The number of aromatic nitrogens is 2. The Kier molecular flexibility index (Phi) is 9.22. The van der Waals surface area contributed by atoms with Gasteiger partial charge in [-0.25, -0.2) is 14.8 Å². The molecule has 11 nitrogen and oxygen atoms in total. The first kappa shape index (κ1) is 25.9. The Bertz CT molecular complexity index is 1190. The average molecular weight is 505 g/mol. The highest BCUT2D eigenvalue weighted by atomic mass is 16.5. The Morgan fingerprint density at radius 1 is 1.00 bits per heavy atom. The summed E-state index contributed by atoms with van der Waals surface area (Å²) in [6.07, 6.45) is 3.52. The second kappa shape index (κ2) is 13.2. The third-order valence-electron chi connectivity index (χ3n) is 5.72. The van der Waals surface area contributed by atoms with Gasteiger partial charge < -0.3 is 31.6 Å². The van der Waals surface area contributed by atoms with Crippen molar-refractivity contribution in [2.24, 2.45) is 16.5 Å². The minimum absolute atomic E-state index is 0.280. The number of aliphatic imine (C=N–C) groups is 1. The van der Waals surface area contributed by atoms with Crippen LogP contribution in [0.25, 0.3) is 11.1 Å². The second-order valence-electron chi connectivity index (χ2n) is 8.49. The minimum Gasteiger partial charge on any atom is -0.492 e. The summed E-state index contributed by atoms with van der Waals surface area (Å²) < 4.78 is 11.3. The van der Waals surface area contributed by atoms with E-state index in [2.05, 4.69) is 30.5 Å². The quantitative estimate of drug-likeness (QED) is 0.240. The standard InChI is InChI=1S/C26H32N8O3/c27-24(28)33-26(35)32-16-19-3-1-5-21(13-19)22-17-30-25(31-18-22)29-15-20-4-2-6-23(14-20)37-12-9-34-7-10-36-11-8-34/h1-6,13-14,17-18H,7-12,15-16H2,(H,29,30,31)(H5,27,28,32,33,35). The highest BCUT2D eigenvalue weighted by molar-refractivity contribution is 5.90. The number of rotatable bonds is 10. The van der Waals surface area contributed by atoms with Gasteiger partial charge in [0.25, 0.3) is 0 Å². The van der Waals surface area contributed by atoms with Crippen molar-refractivity contribution >= 4 is 17.9 Å². The molecule has 0 aliphatic carbocycles. The normalized spacial score (nSPS) is 13.5. The number of carbonyl (C=O) groups excluding carboxylic acids is 1. The molecule has 6 N–H and O–H groups in total. The summed E-state index contributed by atoms with van der Waals surface area (Å²) in [5.74, 6) is 1.10. The number of anilines is 1. The van der Waals surface area contributed by atoms with Gasteiger partial charge in [0.2, 0.25) is 5.95 Å². The van der Waals surface area contributed by atoms with Crippen LogP contribution in [0.3, 0.4) is 0 Å². The maximum atomic E-state index is 11.6. The lowest BCUT2D eigenvalue weighted by Gasteiger charge is -2.26. The van der Waals surface area contributed by atoms with Gasteiger partial charge in [0.05, 0.1) is 13.2 Å². The van der Waals surface area contributed by atoms with Gasteiger partial charge >= 0.3 is 6.03 Å². The third kappa shape index (κ3) is 8.44. The molecule has 11 heteroatoms. The lowest BCUT2D eigenvalue weighted by molar-refractivity contribution is 0.0322. The number of guanidine groups is 1. The van der Waals surface area contributed by atoms with Crippen LogP contribution in [0.5, 0.6) is 5.75 Å². The van der Waals surface area contributed by atoms with Crippen LogP contribution in [0.4, 0.5) is 10.7 Å². The molecule has 194 valence electrons. The van der Waals surface area contributed by atoms with Crippen molar-refractivity contribution in [3.8, 4) is 16.9 Å². The molecule has 1 aliphatic rings. The molecule has 0 atom stereocenters. The molecule has 2 heterocycles. The van der Waals surface area contributed by atoms with Gasteiger partial charge in [0.1, 0.15) is 12.4 Å². The first-order valence-electron chi connectivity index (χ1n) is 12.1. The zero-order valence-electron chi connectivity index (χ0n) is 20.6. The number of carbonyl (C=O) groups is 1. The van der Waals surface area contributed by atoms with Crippen LogP contribution in [0.1, 0.15) is 11.1 Å². The van der Waals surface area contributed by atoms with Crippen molar-refractivity contribution in [1.82, 2.24) is 20.2 Å². The number of morpholine rings is 1. The van der Waals surface area contributed by atoms with E-state index in [1.807, 2.05) is 48.5 Å². The molecule has 1 aliphatic heterocycles. The summed E-state index contributed by atoms with van der Waals surface area (Å²) in [6.45, 7) is 5.89. The smallest absolute Gasteiger partial charge is 0.344 e. The van der Waals surface area contributed by atoms with E-state index in [0.717, 1.165) is 60.9 Å². The number of hydrogen-bond donors (Lipinski definition) is 4. The predicted molar refractivity (Wildman–Crippen MR) is 142 cm³/mol. The molecule has 0 saturated carbocycles. The molecule has 0 spiro atoms. The number of nitrogens with one attached hydrogen (secondary N) is 2. The minimum atomic E-state index is -0.589. The molecule has 2 aromatic carbocycles. The van der Waals surface area contributed by atoms with E-state index in [-0.39, 0.29) is 5.96 Å². The number of amides is 2. The predicted octanol–water partition coefficient (Wildman–Crippen LogP) is 1.95. The van der Waals surface area contributed by atoms with E-state index in [1.54, 1.807) is 12.4 Å². The van der Waals surface area contributed by atoms with Crippen molar-refractivity contribution in [2.45, 2.75) is 13.1 Å². The van der Waals surface area contributed by atoms with Crippen molar-refractivity contribution < 1.29 is 14.3 Å². The second-order valence-corrected chi connectivity index (χ2v) is 8.49. The summed E-state index contributed by atoms with van der Waals surface area (Å²) in [7, 11) is 0. The summed E-state index contributed by atoms with van der Waals surface area (Å²) in [5, 5.41) is 5.89. The van der Waals surface area contributed by atoms with E-state index >= 15 is 0 Å². The molecule has 0 bridgehead atoms. The Morgan fingerprint density at radius 3 is 2.49 bits per heavy atom. The molecule has 3 aromatic rings. The van der Waals surface area contributed by atoms with Crippen LogP contribution in [0.2, 0.25) is 0 Å². The Labute approximate surface area is 215 Å². The number of urea groups is 1. The first-order chi connectivity index (χ1) is 18.0. The van der Waals surface area contributed by atoms with E-state index in [1.165, 1.54) is 0 Å². The van der Waals surface area contributed by atoms with Gasteiger partial charge in [-0.3, -0.25) is 4.90 Å². The van der Waals surface area contributed by atoms with Gasteiger partial charge in [-0.1, -0.05) is 30.3 Å². The summed E-state index contributed by atoms with van der Waals surface area (Å²) >= 11 is 0. The van der Waals surface area contributed by atoms with E-state index in [4.69, 9.17) is 20.9 Å². The van der Waals surface area contributed by atoms with Crippen LogP contribution in [-0.4, -0.2) is 66.3 Å². The fourth-order valence-corrected chi connectivity index (χ4v) is 3.81. The van der Waals surface area contributed by atoms with Crippen LogP contribution < -0.4 is 26.8 Å². The van der Waals surface area contributed by atoms with E-state index in [0.29, 0.717) is 25.6 Å². The lowest BCUT2D eigenvalue weighted by atomic mass is 10.1. The van der Waals surface area contributed by atoms with Crippen LogP contribution in [0.15, 0.2) is 65.9 Å². The van der Waals surface area contributed by atoms with Gasteiger partial charge in [0, 0.05) is 50.7 Å². The average Bonchev–Trinajstić information content (AvgIpc) is 2.92. The topological polar surface area (TPSA) is 153 Å². The zero-order chi connectivity index (χ0) is 25.9. The number of nitrogens with two attached hydrogens (primary N) is 2. The highest BCUT2D eigenvalue weighted by Crippen LogP contribution is 2.20. The fourth-order valence-electron chi connectivity index (χ4n) is 3.81. The Morgan fingerprint density at radius 2 is 1.73 bits per heavy atom. The number of ether oxygens (including phenoxy) is 2. The monoisotopic (exact) mass is 504 g/mol. The van der Waals surface area contributed by atoms with Crippen LogP contribution >= 0.6 is 0 Å². The van der Waals surface area contributed by atoms with Gasteiger partial charge in [0.15, 0.2) is 5.96 Å². The highest BCUT2D eigenvalue weighted by Gasteiger charge is 2.10. The maximum absolute atomic E-state index is 11.6. The zero-order valence-corrected chi connectivity index (χ0v) is 20.6.